The number of nitrogens with zero attached hydrogens (tertiary/aromatic N) is 1. The maximum absolute atomic E-state index is 13.9. The molecule has 8 heteroatoms. The van der Waals surface area contributed by atoms with Gasteiger partial charge < -0.3 is 15.7 Å². The number of hydrogen-bond acceptors (Lipinski definition) is 4. The van der Waals surface area contributed by atoms with Crippen molar-refractivity contribution in [3.05, 3.63) is 71.0 Å². The van der Waals surface area contributed by atoms with Gasteiger partial charge in [0.05, 0.1) is 11.6 Å². The molecule has 0 saturated heterocycles. The largest absolute Gasteiger partial charge is 0.480 e. The molecule has 3 N–H and O–H groups in total. The van der Waals surface area contributed by atoms with Gasteiger partial charge in [0.25, 0.3) is 0 Å². The second-order valence-corrected chi connectivity index (χ2v) is 6.46. The van der Waals surface area contributed by atoms with E-state index in [-0.39, 0.29) is 18.4 Å². The number of halogens is 1. The molecule has 2 aromatic rings. The van der Waals surface area contributed by atoms with Crippen LogP contribution in [0.25, 0.3) is 0 Å². The van der Waals surface area contributed by atoms with Crippen molar-refractivity contribution in [3.63, 3.8) is 0 Å². The number of nitriles is 1. The van der Waals surface area contributed by atoms with Crippen LogP contribution in [0.1, 0.15) is 23.6 Å². The molecule has 0 bridgehead atoms. The van der Waals surface area contributed by atoms with Gasteiger partial charge in [-0.05, 0) is 29.3 Å². The molecular weight excluding hydrogens is 377 g/mol. The maximum atomic E-state index is 13.9. The van der Waals surface area contributed by atoms with Crippen molar-refractivity contribution in [1.82, 2.24) is 10.6 Å². The average molecular weight is 397 g/mol. The number of carboxylic acid groups (broad SMARTS) is 1. The summed E-state index contributed by atoms with van der Waals surface area (Å²) in [4.78, 5) is 35.7. The van der Waals surface area contributed by atoms with Crippen LogP contribution in [0.3, 0.4) is 0 Å². The predicted molar refractivity (Wildman–Crippen MR) is 102 cm³/mol. The lowest BCUT2D eigenvalue weighted by molar-refractivity contribution is -0.142. The van der Waals surface area contributed by atoms with Crippen LogP contribution in [0.5, 0.6) is 0 Å². The molecule has 0 saturated carbocycles. The number of nitrogens with one attached hydrogen (secondary N) is 2. The third-order valence-electron chi connectivity index (χ3n) is 4.21. The number of hydrogen-bond donors (Lipinski definition) is 3. The van der Waals surface area contributed by atoms with Gasteiger partial charge in [-0.25, -0.2) is 9.18 Å². The van der Waals surface area contributed by atoms with Crippen molar-refractivity contribution < 1.29 is 23.9 Å². The van der Waals surface area contributed by atoms with Crippen molar-refractivity contribution in [2.75, 3.05) is 0 Å². The highest BCUT2D eigenvalue weighted by atomic mass is 19.1. The van der Waals surface area contributed by atoms with E-state index in [4.69, 9.17) is 5.26 Å². The van der Waals surface area contributed by atoms with E-state index in [2.05, 4.69) is 10.6 Å². The summed E-state index contributed by atoms with van der Waals surface area (Å²) >= 11 is 0. The van der Waals surface area contributed by atoms with Crippen molar-refractivity contribution in [1.29, 1.82) is 5.26 Å². The average Bonchev–Trinajstić information content (AvgIpc) is 2.68. The van der Waals surface area contributed by atoms with Gasteiger partial charge in [-0.1, -0.05) is 30.3 Å². The molecule has 29 heavy (non-hydrogen) atoms. The predicted octanol–water partition coefficient (Wildman–Crippen LogP) is 1.56. The van der Waals surface area contributed by atoms with Crippen LogP contribution >= 0.6 is 0 Å². The smallest absolute Gasteiger partial charge is 0.326 e. The number of amides is 2. The third kappa shape index (κ3) is 6.43. The first-order valence-electron chi connectivity index (χ1n) is 8.83. The zero-order valence-corrected chi connectivity index (χ0v) is 15.7. The summed E-state index contributed by atoms with van der Waals surface area (Å²) in [6.07, 6.45) is -0.138. The molecule has 0 aliphatic rings. The Morgan fingerprint density at radius 2 is 1.69 bits per heavy atom. The first-order chi connectivity index (χ1) is 13.8. The standard InChI is InChI=1S/C21H20FN3O4/c1-13(26)24-18(11-16-4-2-3-5-17(16)22)20(27)25-19(21(28)29)10-14-6-8-15(12-23)9-7-14/h2-9,18-19H,10-11H2,1H3,(H,24,26)(H,25,27)(H,28,29)/t18-,19+/m1/s1. The molecule has 150 valence electrons. The van der Waals surface area contributed by atoms with Gasteiger partial charge in [0.2, 0.25) is 11.8 Å². The monoisotopic (exact) mass is 397 g/mol. The molecule has 2 aromatic carbocycles. The first kappa shape index (κ1) is 21.6. The van der Waals surface area contributed by atoms with Crippen LogP contribution < -0.4 is 10.6 Å². The summed E-state index contributed by atoms with van der Waals surface area (Å²) in [6.45, 7) is 1.22. The quantitative estimate of drug-likeness (QED) is 0.624. The van der Waals surface area contributed by atoms with Crippen LogP contribution in [-0.4, -0.2) is 35.0 Å². The van der Waals surface area contributed by atoms with Gasteiger partial charge in [0.1, 0.15) is 17.9 Å². The Bertz CT molecular complexity index is 938. The van der Waals surface area contributed by atoms with Gasteiger partial charge in [-0.3, -0.25) is 9.59 Å². The van der Waals surface area contributed by atoms with Gasteiger partial charge in [-0.15, -0.1) is 0 Å². The maximum Gasteiger partial charge on any atom is 0.326 e. The summed E-state index contributed by atoms with van der Waals surface area (Å²) in [6, 6.07) is 11.7. The molecule has 0 heterocycles. The fourth-order valence-electron chi connectivity index (χ4n) is 2.76. The van der Waals surface area contributed by atoms with Crippen LogP contribution in [0.4, 0.5) is 4.39 Å². The van der Waals surface area contributed by atoms with E-state index in [1.807, 2.05) is 6.07 Å². The fourth-order valence-corrected chi connectivity index (χ4v) is 2.76. The topological polar surface area (TPSA) is 119 Å². The molecule has 0 aliphatic heterocycles. The van der Waals surface area contributed by atoms with E-state index in [0.29, 0.717) is 11.1 Å². The lowest BCUT2D eigenvalue weighted by Crippen LogP contribution is -2.52. The van der Waals surface area contributed by atoms with E-state index >= 15 is 0 Å². The van der Waals surface area contributed by atoms with Gasteiger partial charge in [0, 0.05) is 19.8 Å². The molecule has 0 fully saturated rings. The zero-order valence-electron chi connectivity index (χ0n) is 15.7. The lowest BCUT2D eigenvalue weighted by Gasteiger charge is -2.21. The van der Waals surface area contributed by atoms with Crippen molar-refractivity contribution >= 4 is 17.8 Å². The number of carboxylic acids is 1. The van der Waals surface area contributed by atoms with E-state index in [0.717, 1.165) is 0 Å². The van der Waals surface area contributed by atoms with E-state index in [9.17, 15) is 23.9 Å². The number of benzene rings is 2. The molecule has 7 nitrogen and oxygen atoms in total. The molecule has 0 aromatic heterocycles. The number of carbonyl (C=O) groups excluding carboxylic acids is 2. The van der Waals surface area contributed by atoms with Gasteiger partial charge in [-0.2, -0.15) is 5.26 Å². The molecule has 0 radical (unpaired) electrons. The summed E-state index contributed by atoms with van der Waals surface area (Å²) < 4.78 is 13.9. The summed E-state index contributed by atoms with van der Waals surface area (Å²) in [7, 11) is 0. The number of carbonyl (C=O) groups is 3. The van der Waals surface area contributed by atoms with Crippen LogP contribution in [0, 0.1) is 17.1 Å². The summed E-state index contributed by atoms with van der Waals surface area (Å²) in [5.74, 6) is -3.01. The highest BCUT2D eigenvalue weighted by Gasteiger charge is 2.27. The summed E-state index contributed by atoms with van der Waals surface area (Å²) in [5, 5.41) is 23.1. The molecular formula is C21H20FN3O4. The SMILES string of the molecule is CC(=O)N[C@H](Cc1ccccc1F)C(=O)N[C@@H](Cc1ccc(C#N)cc1)C(=O)O. The normalized spacial score (nSPS) is 12.3. The fraction of sp³-hybridized carbons (Fsp3) is 0.238. The number of aliphatic carboxylic acids is 1. The van der Waals surface area contributed by atoms with Crippen molar-refractivity contribution in [3.8, 4) is 6.07 Å². The minimum absolute atomic E-state index is 0.0146. The Hall–Kier alpha value is -3.73. The minimum Gasteiger partial charge on any atom is -0.480 e. The highest BCUT2D eigenvalue weighted by Crippen LogP contribution is 2.11. The molecule has 2 atom stereocenters. The Kier molecular flexibility index (Phi) is 7.43. The van der Waals surface area contributed by atoms with E-state index in [1.165, 1.54) is 25.1 Å². The Balaban J connectivity index is 2.14. The second kappa shape index (κ2) is 9.99. The Morgan fingerprint density at radius 3 is 2.24 bits per heavy atom. The second-order valence-electron chi connectivity index (χ2n) is 6.46. The highest BCUT2D eigenvalue weighted by molar-refractivity contribution is 5.90. The Morgan fingerprint density at radius 1 is 1.03 bits per heavy atom. The Labute approximate surface area is 167 Å². The zero-order chi connectivity index (χ0) is 21.4. The van der Waals surface area contributed by atoms with E-state index < -0.39 is 35.7 Å². The third-order valence-corrected chi connectivity index (χ3v) is 4.21. The molecule has 0 spiro atoms. The van der Waals surface area contributed by atoms with Crippen LogP contribution in [0.15, 0.2) is 48.5 Å². The first-order valence-corrected chi connectivity index (χ1v) is 8.83. The molecule has 0 unspecified atom stereocenters. The van der Waals surface area contributed by atoms with Crippen molar-refractivity contribution in [2.24, 2.45) is 0 Å². The lowest BCUT2D eigenvalue weighted by atomic mass is 10.0. The molecule has 2 amide bonds. The van der Waals surface area contributed by atoms with Crippen molar-refractivity contribution in [2.45, 2.75) is 31.8 Å². The minimum atomic E-state index is -1.26. The molecule has 2 rings (SSSR count). The summed E-state index contributed by atoms with van der Waals surface area (Å²) in [5.41, 5.74) is 1.27. The van der Waals surface area contributed by atoms with Gasteiger partial charge in [0.15, 0.2) is 0 Å². The van der Waals surface area contributed by atoms with E-state index in [1.54, 1.807) is 30.3 Å². The van der Waals surface area contributed by atoms with Gasteiger partial charge >= 0.3 is 5.97 Å². The van der Waals surface area contributed by atoms with Crippen LogP contribution in [0.2, 0.25) is 0 Å². The number of rotatable bonds is 8. The van der Waals surface area contributed by atoms with Crippen LogP contribution in [-0.2, 0) is 27.2 Å². The molecule has 0 aliphatic carbocycles.